The molecule has 3 heteroatoms. The number of aliphatic hydroxyl groups is 1. The van der Waals surface area contributed by atoms with Gasteiger partial charge < -0.3 is 10.2 Å². The van der Waals surface area contributed by atoms with Gasteiger partial charge in [0.25, 0.3) is 0 Å². The number of phenols is 1. The van der Waals surface area contributed by atoms with Crippen molar-refractivity contribution in [1.29, 1.82) is 0 Å². The van der Waals surface area contributed by atoms with E-state index in [9.17, 15) is 10.2 Å². The minimum Gasteiger partial charge on any atom is -0.507 e. The molecule has 24 heavy (non-hydrogen) atoms. The van der Waals surface area contributed by atoms with Crippen LogP contribution < -0.4 is 0 Å². The lowest BCUT2D eigenvalue weighted by Gasteiger charge is -2.28. The third-order valence-corrected chi connectivity index (χ3v) is 5.32. The highest BCUT2D eigenvalue weighted by atomic mass is 32.2. The van der Waals surface area contributed by atoms with Gasteiger partial charge in [0, 0.05) is 21.8 Å². The Morgan fingerprint density at radius 3 is 1.88 bits per heavy atom. The minimum absolute atomic E-state index is 0.0959. The zero-order valence-corrected chi connectivity index (χ0v) is 17.4. The summed E-state index contributed by atoms with van der Waals surface area (Å²) >= 11 is 1.78. The second kappa shape index (κ2) is 8.62. The third-order valence-electron chi connectivity index (χ3n) is 4.31. The van der Waals surface area contributed by atoms with Crippen LogP contribution in [-0.2, 0) is 10.8 Å². The number of aliphatic hydroxyl groups excluding tert-OH is 1. The van der Waals surface area contributed by atoms with Crippen LogP contribution in [0.15, 0.2) is 17.0 Å². The maximum absolute atomic E-state index is 10.7. The smallest absolute Gasteiger partial charge is 0.123 e. The number of hydrogen-bond acceptors (Lipinski definition) is 3. The van der Waals surface area contributed by atoms with Gasteiger partial charge in [-0.3, -0.25) is 0 Å². The molecular formula is C21H36O2S. The van der Waals surface area contributed by atoms with Crippen molar-refractivity contribution in [2.75, 3.05) is 5.75 Å². The van der Waals surface area contributed by atoms with E-state index in [1.54, 1.807) is 11.8 Å². The molecule has 0 spiro atoms. The van der Waals surface area contributed by atoms with E-state index in [2.05, 4.69) is 60.6 Å². The van der Waals surface area contributed by atoms with Crippen LogP contribution in [0.5, 0.6) is 5.75 Å². The third kappa shape index (κ3) is 6.33. The molecule has 1 aromatic carbocycles. The van der Waals surface area contributed by atoms with Crippen molar-refractivity contribution < 1.29 is 10.2 Å². The fourth-order valence-corrected chi connectivity index (χ4v) is 3.76. The zero-order valence-electron chi connectivity index (χ0n) is 16.6. The molecule has 0 heterocycles. The normalized spacial score (nSPS) is 14.0. The Morgan fingerprint density at radius 1 is 0.958 bits per heavy atom. The van der Waals surface area contributed by atoms with E-state index >= 15 is 0 Å². The molecule has 0 saturated heterocycles. The molecule has 0 saturated carbocycles. The van der Waals surface area contributed by atoms with Gasteiger partial charge in [-0.05, 0) is 35.8 Å². The Morgan fingerprint density at radius 2 is 1.46 bits per heavy atom. The van der Waals surface area contributed by atoms with Gasteiger partial charge in [-0.15, -0.1) is 11.8 Å². The maximum Gasteiger partial charge on any atom is 0.123 e. The van der Waals surface area contributed by atoms with Gasteiger partial charge in [0.1, 0.15) is 5.75 Å². The van der Waals surface area contributed by atoms with Crippen LogP contribution in [0.4, 0.5) is 0 Å². The van der Waals surface area contributed by atoms with Gasteiger partial charge in [0.05, 0.1) is 6.10 Å². The van der Waals surface area contributed by atoms with Crippen LogP contribution in [0.25, 0.3) is 0 Å². The lowest BCUT2D eigenvalue weighted by Crippen LogP contribution is -2.17. The molecule has 0 aromatic heterocycles. The topological polar surface area (TPSA) is 40.5 Å². The first-order valence-electron chi connectivity index (χ1n) is 9.15. The van der Waals surface area contributed by atoms with E-state index in [1.165, 1.54) is 4.90 Å². The SMILES string of the molecule is CCCCC(O)CCSc1cc(C(C)(C)C)c(O)c(C(C)(C)C)c1. The number of unbranched alkanes of at least 4 members (excludes halogenated alkanes) is 1. The highest BCUT2D eigenvalue weighted by Gasteiger charge is 2.26. The van der Waals surface area contributed by atoms with Crippen LogP contribution >= 0.6 is 11.8 Å². The molecule has 1 atom stereocenters. The highest BCUT2D eigenvalue weighted by molar-refractivity contribution is 7.99. The van der Waals surface area contributed by atoms with Crippen LogP contribution in [-0.4, -0.2) is 22.1 Å². The van der Waals surface area contributed by atoms with Gasteiger partial charge in [0.15, 0.2) is 0 Å². The average molecular weight is 353 g/mol. The van der Waals surface area contributed by atoms with Crippen molar-refractivity contribution in [3.8, 4) is 5.75 Å². The summed E-state index contributed by atoms with van der Waals surface area (Å²) in [5.74, 6) is 1.34. The summed E-state index contributed by atoms with van der Waals surface area (Å²) in [4.78, 5) is 1.19. The van der Waals surface area contributed by atoms with Gasteiger partial charge in [-0.25, -0.2) is 0 Å². The van der Waals surface area contributed by atoms with Crippen LogP contribution in [0.2, 0.25) is 0 Å². The van der Waals surface area contributed by atoms with E-state index in [0.29, 0.717) is 5.75 Å². The van der Waals surface area contributed by atoms with Gasteiger partial charge >= 0.3 is 0 Å². The molecular weight excluding hydrogens is 316 g/mol. The summed E-state index contributed by atoms with van der Waals surface area (Å²) in [5, 5.41) is 20.8. The Bertz CT molecular complexity index is 489. The van der Waals surface area contributed by atoms with Crippen molar-refractivity contribution in [1.82, 2.24) is 0 Å². The first-order valence-corrected chi connectivity index (χ1v) is 10.1. The molecule has 0 aliphatic rings. The molecule has 1 unspecified atom stereocenters. The van der Waals surface area contributed by atoms with Gasteiger partial charge in [0.2, 0.25) is 0 Å². The molecule has 2 nitrogen and oxygen atoms in total. The van der Waals surface area contributed by atoms with E-state index in [4.69, 9.17) is 0 Å². The molecule has 0 radical (unpaired) electrons. The number of benzene rings is 1. The number of aromatic hydroxyl groups is 1. The standard InChI is InChI=1S/C21H36O2S/c1-8-9-10-15(22)11-12-24-16-13-17(20(2,3)4)19(23)18(14-16)21(5,6)7/h13-15,22-23H,8-12H2,1-7H3. The number of rotatable bonds is 7. The lowest BCUT2D eigenvalue weighted by atomic mass is 9.79. The first kappa shape index (κ1) is 21.4. The van der Waals surface area contributed by atoms with Crippen molar-refractivity contribution >= 4 is 11.8 Å². The quantitative estimate of drug-likeness (QED) is 0.589. The van der Waals surface area contributed by atoms with Crippen molar-refractivity contribution in [3.63, 3.8) is 0 Å². The molecule has 0 aliphatic heterocycles. The molecule has 1 rings (SSSR count). The molecule has 1 aromatic rings. The predicted octanol–water partition coefficient (Wildman–Crippen LogP) is 6.02. The van der Waals surface area contributed by atoms with E-state index in [1.807, 2.05) is 0 Å². The van der Waals surface area contributed by atoms with Crippen LogP contribution in [0.3, 0.4) is 0 Å². The van der Waals surface area contributed by atoms with E-state index < -0.39 is 0 Å². The van der Waals surface area contributed by atoms with Gasteiger partial charge in [-0.1, -0.05) is 61.3 Å². The summed E-state index contributed by atoms with van der Waals surface area (Å²) in [6.07, 6.45) is 3.74. The van der Waals surface area contributed by atoms with Gasteiger partial charge in [-0.2, -0.15) is 0 Å². The molecule has 2 N–H and O–H groups in total. The highest BCUT2D eigenvalue weighted by Crippen LogP contribution is 2.41. The Hall–Kier alpha value is -0.670. The number of phenolic OH excluding ortho intramolecular Hbond substituents is 1. The summed E-state index contributed by atoms with van der Waals surface area (Å²) in [5.41, 5.74) is 1.82. The minimum atomic E-state index is -0.196. The average Bonchev–Trinajstić information content (AvgIpc) is 2.44. The van der Waals surface area contributed by atoms with Crippen molar-refractivity contribution in [2.45, 2.75) is 96.0 Å². The Labute approximate surface area is 153 Å². The summed E-state index contributed by atoms with van der Waals surface area (Å²) in [7, 11) is 0. The summed E-state index contributed by atoms with van der Waals surface area (Å²) in [6, 6.07) is 4.24. The van der Waals surface area contributed by atoms with Crippen molar-refractivity contribution in [3.05, 3.63) is 23.3 Å². The molecule has 0 amide bonds. The second-order valence-electron chi connectivity index (χ2n) is 8.80. The maximum atomic E-state index is 10.7. The Kier molecular flexibility index (Phi) is 7.68. The van der Waals surface area contributed by atoms with E-state index in [0.717, 1.165) is 42.6 Å². The summed E-state index contributed by atoms with van der Waals surface area (Å²) in [6.45, 7) is 15.0. The molecule has 0 aliphatic carbocycles. The predicted molar refractivity (Wildman–Crippen MR) is 106 cm³/mol. The number of hydrogen-bond donors (Lipinski definition) is 2. The zero-order chi connectivity index (χ0) is 18.5. The van der Waals surface area contributed by atoms with Crippen LogP contribution in [0, 0.1) is 0 Å². The monoisotopic (exact) mass is 352 g/mol. The Balaban J connectivity index is 2.95. The van der Waals surface area contributed by atoms with Crippen LogP contribution in [0.1, 0.15) is 85.3 Å². The lowest BCUT2D eigenvalue weighted by molar-refractivity contribution is 0.158. The molecule has 0 fully saturated rings. The molecule has 138 valence electrons. The summed E-state index contributed by atoms with van der Waals surface area (Å²) < 4.78 is 0. The second-order valence-corrected chi connectivity index (χ2v) is 9.97. The first-order chi connectivity index (χ1) is 11.0. The number of thioether (sulfide) groups is 1. The largest absolute Gasteiger partial charge is 0.507 e. The fraction of sp³-hybridized carbons (Fsp3) is 0.714. The van der Waals surface area contributed by atoms with E-state index in [-0.39, 0.29) is 16.9 Å². The molecule has 0 bridgehead atoms. The van der Waals surface area contributed by atoms with Crippen molar-refractivity contribution in [2.24, 2.45) is 0 Å². The fourth-order valence-electron chi connectivity index (χ4n) is 2.73.